The number of benzene rings is 1. The second kappa shape index (κ2) is 25.9. The fraction of sp³-hybridized carbons (Fsp3) is 0.658. The lowest BCUT2D eigenvalue weighted by atomic mass is 10.0. The van der Waals surface area contributed by atoms with Gasteiger partial charge < -0.3 is 48.6 Å². The molecular weight excluding hydrogens is 664 g/mol. The fourth-order valence-electron chi connectivity index (χ4n) is 6.17. The van der Waals surface area contributed by atoms with Gasteiger partial charge in [0.25, 0.3) is 0 Å². The van der Waals surface area contributed by atoms with E-state index in [-0.39, 0.29) is 38.3 Å². The van der Waals surface area contributed by atoms with Gasteiger partial charge in [-0.2, -0.15) is 0 Å². The number of carboxylic acid groups (broad SMARTS) is 1. The summed E-state index contributed by atoms with van der Waals surface area (Å²) in [6.45, 7) is 3.03. The molecule has 2 aromatic rings. The van der Waals surface area contributed by atoms with Crippen LogP contribution in [-0.2, 0) is 30.4 Å². The number of hydrogen-bond donors (Lipinski definition) is 9. The summed E-state index contributed by atoms with van der Waals surface area (Å²) in [7, 11) is 0. The van der Waals surface area contributed by atoms with E-state index in [1.54, 1.807) is 6.20 Å². The highest BCUT2D eigenvalue weighted by Crippen LogP contribution is 2.20. The maximum Gasteiger partial charge on any atom is 0.326 e. The van der Waals surface area contributed by atoms with Crippen LogP contribution in [0, 0.1) is 0 Å². The molecule has 292 valence electrons. The number of carbonyl (C=O) groups is 5. The van der Waals surface area contributed by atoms with E-state index >= 15 is 0 Å². The summed E-state index contributed by atoms with van der Waals surface area (Å²) < 4.78 is 0. The van der Waals surface area contributed by atoms with Crippen molar-refractivity contribution >= 4 is 40.5 Å². The lowest BCUT2D eigenvalue weighted by Gasteiger charge is -2.26. The van der Waals surface area contributed by atoms with Crippen molar-refractivity contribution in [3.8, 4) is 0 Å². The van der Waals surface area contributed by atoms with Gasteiger partial charge in [0.1, 0.15) is 24.2 Å². The molecule has 2 rings (SSSR count). The molecule has 4 atom stereocenters. The van der Waals surface area contributed by atoms with E-state index in [0.29, 0.717) is 38.6 Å². The van der Waals surface area contributed by atoms with Gasteiger partial charge in [0, 0.05) is 29.9 Å². The molecular formula is C38H64N8O6. The van der Waals surface area contributed by atoms with E-state index in [2.05, 4.69) is 33.2 Å². The van der Waals surface area contributed by atoms with Crippen molar-refractivity contribution in [2.24, 2.45) is 17.2 Å². The number of H-pyrrole nitrogens is 1. The Kier molecular flexibility index (Phi) is 22.0. The van der Waals surface area contributed by atoms with Crippen molar-refractivity contribution in [1.82, 2.24) is 26.3 Å². The van der Waals surface area contributed by atoms with Gasteiger partial charge in [0.2, 0.25) is 23.6 Å². The van der Waals surface area contributed by atoms with Crippen molar-refractivity contribution in [2.45, 2.75) is 140 Å². The van der Waals surface area contributed by atoms with Crippen LogP contribution in [-0.4, -0.2) is 83.5 Å². The number of rotatable bonds is 29. The highest BCUT2D eigenvalue weighted by atomic mass is 16.4. The quantitative estimate of drug-likeness (QED) is 0.0558. The molecule has 0 aliphatic rings. The van der Waals surface area contributed by atoms with Crippen LogP contribution in [0.15, 0.2) is 30.5 Å². The van der Waals surface area contributed by atoms with Crippen LogP contribution < -0.4 is 38.5 Å². The predicted molar refractivity (Wildman–Crippen MR) is 204 cm³/mol. The molecule has 1 aromatic carbocycles. The number of unbranched alkanes of at least 4 members (excludes halogenated alkanes) is 8. The number of hydrogen-bond acceptors (Lipinski definition) is 8. The van der Waals surface area contributed by atoms with E-state index in [1.165, 1.54) is 32.1 Å². The first-order chi connectivity index (χ1) is 25.1. The first kappa shape index (κ1) is 44.2. The Bertz CT molecular complexity index is 1370. The normalized spacial score (nSPS) is 13.5. The second-order valence-electron chi connectivity index (χ2n) is 13.6. The molecule has 52 heavy (non-hydrogen) atoms. The first-order valence-corrected chi connectivity index (χ1v) is 19.2. The molecule has 0 aliphatic carbocycles. The number of nitrogens with two attached hydrogens (primary N) is 3. The highest BCUT2D eigenvalue weighted by Gasteiger charge is 2.31. The van der Waals surface area contributed by atoms with Gasteiger partial charge in [0.05, 0.1) is 0 Å². The third kappa shape index (κ3) is 16.6. The monoisotopic (exact) mass is 728 g/mol. The number of aliphatic carboxylic acids is 1. The van der Waals surface area contributed by atoms with E-state index < -0.39 is 47.9 Å². The smallest absolute Gasteiger partial charge is 0.326 e. The number of amides is 4. The molecule has 0 saturated carbocycles. The van der Waals surface area contributed by atoms with E-state index in [9.17, 15) is 29.1 Å². The Morgan fingerprint density at radius 1 is 0.635 bits per heavy atom. The summed E-state index contributed by atoms with van der Waals surface area (Å²) in [5, 5.41) is 21.5. The molecule has 0 fully saturated rings. The van der Waals surface area contributed by atoms with Gasteiger partial charge in [-0.1, -0.05) is 76.5 Å². The predicted octanol–water partition coefficient (Wildman–Crippen LogP) is 2.87. The average molecular weight is 729 g/mol. The van der Waals surface area contributed by atoms with Crippen LogP contribution in [0.25, 0.3) is 10.9 Å². The molecule has 1 heterocycles. The largest absolute Gasteiger partial charge is 0.480 e. The van der Waals surface area contributed by atoms with Crippen molar-refractivity contribution in [2.75, 3.05) is 19.6 Å². The first-order valence-electron chi connectivity index (χ1n) is 19.2. The van der Waals surface area contributed by atoms with Gasteiger partial charge in [-0.3, -0.25) is 19.2 Å². The van der Waals surface area contributed by atoms with Crippen molar-refractivity contribution in [3.63, 3.8) is 0 Å². The number of para-hydroxylation sites is 1. The Labute approximate surface area is 308 Å². The Morgan fingerprint density at radius 3 is 1.69 bits per heavy atom. The van der Waals surface area contributed by atoms with E-state index in [1.807, 2.05) is 24.3 Å². The molecule has 14 heteroatoms. The molecule has 0 radical (unpaired) electrons. The summed E-state index contributed by atoms with van der Waals surface area (Å²) >= 11 is 0. The summed E-state index contributed by atoms with van der Waals surface area (Å²) in [6.07, 6.45) is 14.0. The van der Waals surface area contributed by atoms with Crippen LogP contribution >= 0.6 is 0 Å². The van der Waals surface area contributed by atoms with Crippen molar-refractivity contribution in [1.29, 1.82) is 0 Å². The third-order valence-electron chi connectivity index (χ3n) is 9.23. The van der Waals surface area contributed by atoms with Crippen molar-refractivity contribution < 1.29 is 29.1 Å². The Hall–Kier alpha value is -4.01. The summed E-state index contributed by atoms with van der Waals surface area (Å²) in [4.78, 5) is 69.0. The maximum absolute atomic E-state index is 13.8. The number of fused-ring (bicyclic) bond motifs is 1. The van der Waals surface area contributed by atoms with Gasteiger partial charge in [-0.15, -0.1) is 0 Å². The average Bonchev–Trinajstić information content (AvgIpc) is 3.54. The zero-order chi connectivity index (χ0) is 38.1. The lowest BCUT2D eigenvalue weighted by molar-refractivity contribution is -0.142. The molecule has 0 bridgehead atoms. The van der Waals surface area contributed by atoms with Crippen LogP contribution in [0.3, 0.4) is 0 Å². The summed E-state index contributed by atoms with van der Waals surface area (Å²) in [5.41, 5.74) is 18.7. The zero-order valence-corrected chi connectivity index (χ0v) is 31.1. The van der Waals surface area contributed by atoms with Crippen LogP contribution in [0.4, 0.5) is 0 Å². The molecule has 1 aromatic heterocycles. The number of carbonyl (C=O) groups excluding carboxylic acids is 4. The Morgan fingerprint density at radius 2 is 1.12 bits per heavy atom. The topological polar surface area (TPSA) is 248 Å². The summed E-state index contributed by atoms with van der Waals surface area (Å²) in [6, 6.07) is 3.15. The number of nitrogens with one attached hydrogen (secondary N) is 5. The highest BCUT2D eigenvalue weighted by molar-refractivity contribution is 5.95. The number of aromatic amines is 1. The summed E-state index contributed by atoms with van der Waals surface area (Å²) in [5.74, 6) is -3.29. The minimum atomic E-state index is -1.21. The second-order valence-corrected chi connectivity index (χ2v) is 13.6. The molecule has 0 aliphatic heterocycles. The van der Waals surface area contributed by atoms with Crippen LogP contribution in [0.1, 0.15) is 115 Å². The van der Waals surface area contributed by atoms with Gasteiger partial charge in [-0.25, -0.2) is 4.79 Å². The minimum absolute atomic E-state index is 0.0520. The molecule has 0 unspecified atom stereocenters. The Balaban J connectivity index is 2.15. The third-order valence-corrected chi connectivity index (χ3v) is 9.23. The minimum Gasteiger partial charge on any atom is -0.480 e. The van der Waals surface area contributed by atoms with Crippen LogP contribution in [0.2, 0.25) is 0 Å². The SMILES string of the molecule is CCCCCCCCCCCC(=O)N[C@@H](CCCN)C(=O)N[C@@H](CCCN)C(=O)N[C@@H](Cc1c[nH]c2ccccc12)C(=O)N[C@@H](CCCN)C(=O)O. The van der Waals surface area contributed by atoms with Crippen LogP contribution in [0.5, 0.6) is 0 Å². The number of aromatic nitrogens is 1. The van der Waals surface area contributed by atoms with Crippen molar-refractivity contribution in [3.05, 3.63) is 36.0 Å². The fourth-order valence-corrected chi connectivity index (χ4v) is 6.17. The van der Waals surface area contributed by atoms with Gasteiger partial charge in [0.15, 0.2) is 0 Å². The van der Waals surface area contributed by atoms with Gasteiger partial charge in [-0.05, 0) is 76.2 Å². The molecule has 12 N–H and O–H groups in total. The van der Waals surface area contributed by atoms with Gasteiger partial charge >= 0.3 is 5.97 Å². The molecule has 0 saturated heterocycles. The molecule has 0 spiro atoms. The number of carboxylic acids is 1. The maximum atomic E-state index is 13.8. The zero-order valence-electron chi connectivity index (χ0n) is 31.1. The van der Waals surface area contributed by atoms with E-state index in [4.69, 9.17) is 17.2 Å². The van der Waals surface area contributed by atoms with E-state index in [0.717, 1.165) is 42.1 Å². The standard InChI is InChI=1S/C38H64N8O6/c1-2-3-4-5-6-7-8-9-10-21-34(47)43-30(18-13-22-39)35(48)44-31(19-14-23-40)36(49)46-33(37(50)45-32(38(51)52)20-15-24-41)25-27-26-42-29-17-12-11-16-28(27)29/h11-12,16-17,26,30-33,42H,2-10,13-15,18-25,39-41H2,1H3,(H,43,47)(H,44,48)(H,45,50)(H,46,49)(H,51,52)/t30-,31-,32-,33-/m0/s1. The molecule has 14 nitrogen and oxygen atoms in total. The molecule has 4 amide bonds. The lowest BCUT2D eigenvalue weighted by Crippen LogP contribution is -2.58.